The maximum atomic E-state index is 12.3. The number of amides is 1. The standard InChI is InChI=1S/C24H24N6O4/c1-27-10-2-11-28(14-13-27)19-9-12-29-20(16-25-22(29)15-19)17-3-5-18(6-4-17)26-24(31)21-7-8-23(34-21)30(32)33/h3-9,12,15-16H,2,10-11,13-14H2,1H3,(H,26,31). The van der Waals surface area contributed by atoms with E-state index in [1.807, 2.05) is 28.9 Å². The fraction of sp³-hybridized carbons (Fsp3) is 0.250. The molecule has 1 aliphatic rings. The Balaban J connectivity index is 1.31. The summed E-state index contributed by atoms with van der Waals surface area (Å²) in [5.41, 5.74) is 4.49. The molecular formula is C24H24N6O4. The molecule has 174 valence electrons. The van der Waals surface area contributed by atoms with Crippen LogP contribution < -0.4 is 10.2 Å². The molecule has 1 aliphatic heterocycles. The van der Waals surface area contributed by atoms with Crippen LogP contribution >= 0.6 is 0 Å². The summed E-state index contributed by atoms with van der Waals surface area (Å²) in [6.07, 6.45) is 5.02. The second kappa shape index (κ2) is 8.99. The van der Waals surface area contributed by atoms with Crippen molar-refractivity contribution in [2.24, 2.45) is 0 Å². The van der Waals surface area contributed by atoms with Crippen LogP contribution in [0.5, 0.6) is 0 Å². The molecule has 0 unspecified atom stereocenters. The lowest BCUT2D eigenvalue weighted by molar-refractivity contribution is -0.402. The normalized spacial score (nSPS) is 14.8. The second-order valence-corrected chi connectivity index (χ2v) is 8.33. The average molecular weight is 460 g/mol. The average Bonchev–Trinajstić information content (AvgIpc) is 3.44. The number of pyridine rings is 1. The van der Waals surface area contributed by atoms with E-state index in [1.54, 1.807) is 12.1 Å². The summed E-state index contributed by atoms with van der Waals surface area (Å²) >= 11 is 0. The molecule has 3 aromatic heterocycles. The number of imidazole rings is 1. The summed E-state index contributed by atoms with van der Waals surface area (Å²) in [5.74, 6) is -1.15. The highest BCUT2D eigenvalue weighted by Gasteiger charge is 2.18. The van der Waals surface area contributed by atoms with Crippen molar-refractivity contribution in [3.8, 4) is 11.3 Å². The monoisotopic (exact) mass is 460 g/mol. The molecule has 34 heavy (non-hydrogen) atoms. The Morgan fingerprint density at radius 1 is 1.09 bits per heavy atom. The Labute approximate surface area is 195 Å². The van der Waals surface area contributed by atoms with Crippen molar-refractivity contribution in [1.82, 2.24) is 14.3 Å². The number of hydrogen-bond acceptors (Lipinski definition) is 7. The van der Waals surface area contributed by atoms with E-state index in [0.717, 1.165) is 55.6 Å². The van der Waals surface area contributed by atoms with E-state index in [0.29, 0.717) is 5.69 Å². The number of aromatic nitrogens is 2. The van der Waals surface area contributed by atoms with Gasteiger partial charge in [-0.15, -0.1) is 0 Å². The quantitative estimate of drug-likeness (QED) is 0.355. The summed E-state index contributed by atoms with van der Waals surface area (Å²) in [6, 6.07) is 14.0. The summed E-state index contributed by atoms with van der Waals surface area (Å²) < 4.78 is 6.99. The van der Waals surface area contributed by atoms with Crippen LogP contribution in [0.15, 0.2) is 65.3 Å². The molecule has 1 amide bonds. The minimum Gasteiger partial charge on any atom is -0.395 e. The first kappa shape index (κ1) is 21.7. The first-order valence-corrected chi connectivity index (χ1v) is 11.0. The van der Waals surface area contributed by atoms with Gasteiger partial charge in [-0.05, 0) is 44.3 Å². The Morgan fingerprint density at radius 2 is 1.91 bits per heavy atom. The minimum atomic E-state index is -0.684. The van der Waals surface area contributed by atoms with Gasteiger partial charge < -0.3 is 19.5 Å². The smallest absolute Gasteiger partial charge is 0.395 e. The number of carbonyl (C=O) groups is 1. The molecular weight excluding hydrogens is 436 g/mol. The van der Waals surface area contributed by atoms with Crippen LogP contribution in [0, 0.1) is 10.1 Å². The number of anilines is 2. The van der Waals surface area contributed by atoms with Gasteiger partial charge in [-0.2, -0.15) is 0 Å². The van der Waals surface area contributed by atoms with Gasteiger partial charge in [-0.3, -0.25) is 19.3 Å². The summed E-state index contributed by atoms with van der Waals surface area (Å²) in [7, 11) is 2.16. The Kier molecular flexibility index (Phi) is 5.72. The fourth-order valence-corrected chi connectivity index (χ4v) is 4.15. The van der Waals surface area contributed by atoms with Gasteiger partial charge in [0.1, 0.15) is 10.6 Å². The van der Waals surface area contributed by atoms with Crippen LogP contribution in [0.3, 0.4) is 0 Å². The molecule has 1 N–H and O–H groups in total. The van der Waals surface area contributed by atoms with E-state index >= 15 is 0 Å². The van der Waals surface area contributed by atoms with Gasteiger partial charge in [0.15, 0.2) is 5.76 Å². The van der Waals surface area contributed by atoms with Gasteiger partial charge in [0.2, 0.25) is 0 Å². The van der Waals surface area contributed by atoms with Crippen LogP contribution in [-0.2, 0) is 0 Å². The van der Waals surface area contributed by atoms with Gasteiger partial charge in [-0.25, -0.2) is 4.98 Å². The van der Waals surface area contributed by atoms with Crippen molar-refractivity contribution < 1.29 is 14.1 Å². The Bertz CT molecular complexity index is 1340. The first-order valence-electron chi connectivity index (χ1n) is 11.0. The number of likely N-dealkylation sites (N-methyl/N-ethyl adjacent to an activating group) is 1. The van der Waals surface area contributed by atoms with Gasteiger partial charge >= 0.3 is 5.88 Å². The lowest BCUT2D eigenvalue weighted by Crippen LogP contribution is -2.28. The first-order chi connectivity index (χ1) is 16.5. The third-order valence-electron chi connectivity index (χ3n) is 6.02. The van der Waals surface area contributed by atoms with E-state index in [9.17, 15) is 14.9 Å². The maximum absolute atomic E-state index is 12.3. The lowest BCUT2D eigenvalue weighted by Gasteiger charge is -2.22. The topological polar surface area (TPSA) is 109 Å². The summed E-state index contributed by atoms with van der Waals surface area (Å²) in [5, 5.41) is 13.4. The van der Waals surface area contributed by atoms with Gasteiger partial charge in [0.05, 0.1) is 18.0 Å². The molecule has 4 aromatic rings. The zero-order chi connectivity index (χ0) is 23.7. The van der Waals surface area contributed by atoms with Crippen LogP contribution in [-0.4, -0.2) is 58.3 Å². The van der Waals surface area contributed by atoms with Crippen LogP contribution in [0.2, 0.25) is 0 Å². The zero-order valence-electron chi connectivity index (χ0n) is 18.7. The number of nitrogens with zero attached hydrogens (tertiary/aromatic N) is 5. The van der Waals surface area contributed by atoms with Gasteiger partial charge in [-0.1, -0.05) is 12.1 Å². The number of benzene rings is 1. The zero-order valence-corrected chi connectivity index (χ0v) is 18.7. The number of nitrogens with one attached hydrogen (secondary N) is 1. The SMILES string of the molecule is CN1CCCN(c2ccn3c(-c4ccc(NC(=O)c5ccc([N+](=O)[O-])o5)cc4)cnc3c2)CC1. The van der Waals surface area contributed by atoms with Crippen molar-refractivity contribution in [3.05, 3.63) is 76.8 Å². The number of fused-ring (bicyclic) bond motifs is 1. The second-order valence-electron chi connectivity index (χ2n) is 8.33. The number of furan rings is 1. The molecule has 5 rings (SSSR count). The number of nitro groups is 1. The minimum absolute atomic E-state index is 0.121. The van der Waals surface area contributed by atoms with Crippen LogP contribution in [0.25, 0.3) is 16.9 Å². The van der Waals surface area contributed by atoms with Crippen molar-refractivity contribution in [1.29, 1.82) is 0 Å². The molecule has 1 saturated heterocycles. The number of hydrogen-bond donors (Lipinski definition) is 1. The van der Waals surface area contributed by atoms with Crippen LogP contribution in [0.1, 0.15) is 17.0 Å². The Hall–Kier alpha value is -4.18. The molecule has 1 fully saturated rings. The molecule has 10 heteroatoms. The molecule has 4 heterocycles. The van der Waals surface area contributed by atoms with Crippen molar-refractivity contribution in [2.45, 2.75) is 6.42 Å². The molecule has 0 spiro atoms. The molecule has 1 aromatic carbocycles. The van der Waals surface area contributed by atoms with E-state index in [1.165, 1.54) is 11.8 Å². The molecule has 0 atom stereocenters. The lowest BCUT2D eigenvalue weighted by atomic mass is 10.1. The third kappa shape index (κ3) is 4.35. The Morgan fingerprint density at radius 3 is 2.68 bits per heavy atom. The van der Waals surface area contributed by atoms with Gasteiger partial charge in [0, 0.05) is 48.8 Å². The largest absolute Gasteiger partial charge is 0.433 e. The fourth-order valence-electron chi connectivity index (χ4n) is 4.15. The van der Waals surface area contributed by atoms with E-state index in [4.69, 9.17) is 4.42 Å². The number of carbonyl (C=O) groups excluding carboxylic acids is 1. The molecule has 0 bridgehead atoms. The molecule has 10 nitrogen and oxygen atoms in total. The summed E-state index contributed by atoms with van der Waals surface area (Å²) in [4.78, 5) is 31.7. The van der Waals surface area contributed by atoms with E-state index in [2.05, 4.69) is 39.3 Å². The molecule has 0 saturated carbocycles. The van der Waals surface area contributed by atoms with Crippen LogP contribution in [0.4, 0.5) is 17.3 Å². The maximum Gasteiger partial charge on any atom is 0.433 e. The van der Waals surface area contributed by atoms with Gasteiger partial charge in [0.25, 0.3) is 5.91 Å². The predicted molar refractivity (Wildman–Crippen MR) is 128 cm³/mol. The number of rotatable bonds is 5. The van der Waals surface area contributed by atoms with E-state index < -0.39 is 16.7 Å². The van der Waals surface area contributed by atoms with E-state index in [-0.39, 0.29) is 5.76 Å². The van der Waals surface area contributed by atoms with Crippen molar-refractivity contribution >= 4 is 28.8 Å². The predicted octanol–water partition coefficient (Wildman–Crippen LogP) is 3.90. The van der Waals surface area contributed by atoms with Crippen molar-refractivity contribution in [2.75, 3.05) is 43.4 Å². The highest BCUT2D eigenvalue weighted by atomic mass is 16.6. The highest BCUT2D eigenvalue weighted by molar-refractivity contribution is 6.02. The highest BCUT2D eigenvalue weighted by Crippen LogP contribution is 2.26. The summed E-state index contributed by atoms with van der Waals surface area (Å²) in [6.45, 7) is 4.19. The van der Waals surface area contributed by atoms with Crippen molar-refractivity contribution in [3.63, 3.8) is 0 Å². The third-order valence-corrected chi connectivity index (χ3v) is 6.02. The molecule has 0 radical (unpaired) electrons. The molecule has 0 aliphatic carbocycles.